The molecule has 4 nitrogen and oxygen atoms in total. The maximum Gasteiger partial charge on any atom is 0.338 e. The summed E-state index contributed by atoms with van der Waals surface area (Å²) >= 11 is 0. The van der Waals surface area contributed by atoms with Crippen LogP contribution in [0.5, 0.6) is 0 Å². The smallest absolute Gasteiger partial charge is 0.338 e. The Bertz CT molecular complexity index is 687. The molecule has 0 bridgehead atoms. The number of hydrogen-bond acceptors (Lipinski definition) is 4. The van der Waals surface area contributed by atoms with Crippen molar-refractivity contribution >= 4 is 11.7 Å². The molecule has 0 aliphatic heterocycles. The van der Waals surface area contributed by atoms with Crippen molar-refractivity contribution in [3.63, 3.8) is 0 Å². The van der Waals surface area contributed by atoms with Gasteiger partial charge in [-0.2, -0.15) is 5.26 Å². The van der Waals surface area contributed by atoms with Crippen LogP contribution in [0, 0.1) is 11.3 Å². The maximum absolute atomic E-state index is 11.7. The zero-order valence-corrected chi connectivity index (χ0v) is 11.1. The van der Waals surface area contributed by atoms with E-state index in [1.165, 1.54) is 7.11 Å². The van der Waals surface area contributed by atoms with E-state index in [4.69, 9.17) is 15.7 Å². The minimum absolute atomic E-state index is 0.368. The molecule has 0 unspecified atom stereocenters. The Morgan fingerprint density at radius 2 is 2.00 bits per heavy atom. The lowest BCUT2D eigenvalue weighted by molar-refractivity contribution is 0.0599. The van der Waals surface area contributed by atoms with Crippen molar-refractivity contribution in [3.05, 3.63) is 64.7 Å². The monoisotopic (exact) mass is 266 g/mol. The van der Waals surface area contributed by atoms with E-state index in [0.717, 1.165) is 11.1 Å². The van der Waals surface area contributed by atoms with Gasteiger partial charge in [0.05, 0.1) is 24.3 Å². The number of carbonyl (C=O) groups excluding carboxylic acids is 1. The highest BCUT2D eigenvalue weighted by Crippen LogP contribution is 2.20. The Kier molecular flexibility index (Phi) is 4.02. The Morgan fingerprint density at radius 3 is 2.65 bits per heavy atom. The standard InChI is InChI=1S/C16H14N2O2/c1-20-16(19)14-5-3-2-4-12(14)9-13-7-6-11(10-17)8-15(13)18/h2-8H,9,18H2,1H3. The number of esters is 1. The van der Waals surface area contributed by atoms with Gasteiger partial charge in [0.15, 0.2) is 0 Å². The first-order valence-corrected chi connectivity index (χ1v) is 6.10. The van der Waals surface area contributed by atoms with Gasteiger partial charge in [-0.15, -0.1) is 0 Å². The molecular weight excluding hydrogens is 252 g/mol. The highest BCUT2D eigenvalue weighted by atomic mass is 16.5. The summed E-state index contributed by atoms with van der Waals surface area (Å²) in [5.74, 6) is -0.368. The summed E-state index contributed by atoms with van der Waals surface area (Å²) in [6, 6.07) is 14.4. The molecule has 4 heteroatoms. The summed E-state index contributed by atoms with van der Waals surface area (Å²) in [4.78, 5) is 11.7. The lowest BCUT2D eigenvalue weighted by Gasteiger charge is -2.10. The fourth-order valence-electron chi connectivity index (χ4n) is 2.01. The van der Waals surface area contributed by atoms with Gasteiger partial charge in [-0.25, -0.2) is 4.79 Å². The van der Waals surface area contributed by atoms with E-state index in [-0.39, 0.29) is 5.97 Å². The summed E-state index contributed by atoms with van der Waals surface area (Å²) < 4.78 is 4.77. The topological polar surface area (TPSA) is 76.1 Å². The van der Waals surface area contributed by atoms with Crippen LogP contribution >= 0.6 is 0 Å². The van der Waals surface area contributed by atoms with E-state index < -0.39 is 0 Å². The van der Waals surface area contributed by atoms with Crippen molar-refractivity contribution in [1.29, 1.82) is 5.26 Å². The number of methoxy groups -OCH3 is 1. The van der Waals surface area contributed by atoms with Crippen LogP contribution in [0.15, 0.2) is 42.5 Å². The van der Waals surface area contributed by atoms with Gasteiger partial charge in [0.1, 0.15) is 0 Å². The molecular formula is C16H14N2O2. The normalized spacial score (nSPS) is 9.80. The number of nitrogens with zero attached hydrogens (tertiary/aromatic N) is 1. The SMILES string of the molecule is COC(=O)c1ccccc1Cc1ccc(C#N)cc1N. The van der Waals surface area contributed by atoms with Crippen LogP contribution < -0.4 is 5.73 Å². The Hall–Kier alpha value is -2.80. The number of hydrogen-bond donors (Lipinski definition) is 1. The highest BCUT2D eigenvalue weighted by molar-refractivity contribution is 5.91. The van der Waals surface area contributed by atoms with Gasteiger partial charge in [0.25, 0.3) is 0 Å². The average Bonchev–Trinajstić information content (AvgIpc) is 2.49. The third-order valence-corrected chi connectivity index (χ3v) is 3.08. The minimum atomic E-state index is -0.368. The summed E-state index contributed by atoms with van der Waals surface area (Å²) in [6.07, 6.45) is 0.517. The van der Waals surface area contributed by atoms with E-state index >= 15 is 0 Å². The van der Waals surface area contributed by atoms with Crippen molar-refractivity contribution in [2.45, 2.75) is 6.42 Å². The molecule has 0 aliphatic carbocycles. The molecule has 2 aromatic carbocycles. The molecule has 0 saturated carbocycles. The number of rotatable bonds is 3. The van der Waals surface area contributed by atoms with Crippen LogP contribution in [-0.4, -0.2) is 13.1 Å². The summed E-state index contributed by atoms with van der Waals surface area (Å²) in [5.41, 5.74) is 9.25. The van der Waals surface area contributed by atoms with Crippen LogP contribution in [0.1, 0.15) is 27.0 Å². The lowest BCUT2D eigenvalue weighted by Crippen LogP contribution is -2.06. The largest absolute Gasteiger partial charge is 0.465 e. The predicted octanol–water partition coefficient (Wildman–Crippen LogP) is 2.52. The van der Waals surface area contributed by atoms with E-state index in [1.807, 2.05) is 24.3 Å². The first kappa shape index (κ1) is 13.6. The summed E-state index contributed by atoms with van der Waals surface area (Å²) in [6.45, 7) is 0. The molecule has 0 amide bonds. The fraction of sp³-hybridized carbons (Fsp3) is 0.125. The second-order valence-electron chi connectivity index (χ2n) is 4.35. The first-order valence-electron chi connectivity index (χ1n) is 6.10. The van der Waals surface area contributed by atoms with Crippen molar-refractivity contribution in [2.24, 2.45) is 0 Å². The molecule has 0 saturated heterocycles. The molecule has 2 rings (SSSR count). The zero-order valence-electron chi connectivity index (χ0n) is 11.1. The number of anilines is 1. The Labute approximate surface area is 117 Å². The molecule has 0 atom stereocenters. The first-order chi connectivity index (χ1) is 9.65. The molecule has 20 heavy (non-hydrogen) atoms. The van der Waals surface area contributed by atoms with Gasteiger partial charge < -0.3 is 10.5 Å². The molecule has 2 aromatic rings. The quantitative estimate of drug-likeness (QED) is 0.684. The molecule has 0 radical (unpaired) electrons. The molecule has 0 spiro atoms. The third kappa shape index (κ3) is 2.78. The number of nitriles is 1. The number of benzene rings is 2. The van der Waals surface area contributed by atoms with Crippen LogP contribution in [0.25, 0.3) is 0 Å². The average molecular weight is 266 g/mol. The molecule has 100 valence electrons. The van der Waals surface area contributed by atoms with Crippen LogP contribution in [0.2, 0.25) is 0 Å². The zero-order chi connectivity index (χ0) is 14.5. The van der Waals surface area contributed by atoms with Gasteiger partial charge in [0.2, 0.25) is 0 Å². The molecule has 0 fully saturated rings. The second kappa shape index (κ2) is 5.89. The van der Waals surface area contributed by atoms with E-state index in [0.29, 0.717) is 23.2 Å². The molecule has 2 N–H and O–H groups in total. The van der Waals surface area contributed by atoms with Gasteiger partial charge >= 0.3 is 5.97 Å². The number of carbonyl (C=O) groups is 1. The van der Waals surface area contributed by atoms with E-state index in [9.17, 15) is 4.79 Å². The Morgan fingerprint density at radius 1 is 1.25 bits per heavy atom. The van der Waals surface area contributed by atoms with Crippen molar-refractivity contribution in [2.75, 3.05) is 12.8 Å². The predicted molar refractivity (Wildman–Crippen MR) is 76.2 cm³/mol. The summed E-state index contributed by atoms with van der Waals surface area (Å²) in [5, 5.41) is 8.82. The van der Waals surface area contributed by atoms with Crippen molar-refractivity contribution in [1.82, 2.24) is 0 Å². The summed E-state index contributed by atoms with van der Waals surface area (Å²) in [7, 11) is 1.36. The van der Waals surface area contributed by atoms with Gasteiger partial charge in [-0.05, 0) is 29.3 Å². The van der Waals surface area contributed by atoms with E-state index in [2.05, 4.69) is 0 Å². The third-order valence-electron chi connectivity index (χ3n) is 3.08. The van der Waals surface area contributed by atoms with Gasteiger partial charge in [-0.3, -0.25) is 0 Å². The number of nitrogen functional groups attached to an aromatic ring is 1. The maximum atomic E-state index is 11.7. The lowest BCUT2D eigenvalue weighted by atomic mass is 9.98. The van der Waals surface area contributed by atoms with Crippen LogP contribution in [0.3, 0.4) is 0 Å². The molecule has 0 heterocycles. The number of ether oxygens (including phenoxy) is 1. The second-order valence-corrected chi connectivity index (χ2v) is 4.35. The number of nitrogens with two attached hydrogens (primary N) is 1. The highest BCUT2D eigenvalue weighted by Gasteiger charge is 2.12. The van der Waals surface area contributed by atoms with E-state index in [1.54, 1.807) is 24.3 Å². The van der Waals surface area contributed by atoms with Crippen LogP contribution in [-0.2, 0) is 11.2 Å². The van der Waals surface area contributed by atoms with Crippen molar-refractivity contribution in [3.8, 4) is 6.07 Å². The van der Waals surface area contributed by atoms with Gasteiger partial charge in [-0.1, -0.05) is 24.3 Å². The molecule has 0 aliphatic rings. The van der Waals surface area contributed by atoms with Gasteiger partial charge in [0, 0.05) is 12.1 Å². The minimum Gasteiger partial charge on any atom is -0.465 e. The van der Waals surface area contributed by atoms with Crippen LogP contribution in [0.4, 0.5) is 5.69 Å². The molecule has 0 aromatic heterocycles. The fourth-order valence-corrected chi connectivity index (χ4v) is 2.01. The Balaban J connectivity index is 2.36. The van der Waals surface area contributed by atoms with Crippen molar-refractivity contribution < 1.29 is 9.53 Å².